The van der Waals surface area contributed by atoms with Gasteiger partial charge in [-0.3, -0.25) is 4.79 Å². The Hall–Kier alpha value is -3.70. The van der Waals surface area contributed by atoms with Crippen LogP contribution >= 0.6 is 0 Å². The smallest absolute Gasteiger partial charge is 0.331 e. The summed E-state index contributed by atoms with van der Waals surface area (Å²) in [7, 11) is 0. The molecule has 0 saturated carbocycles. The highest BCUT2D eigenvalue weighted by molar-refractivity contribution is 5.97. The molecule has 0 unspecified atom stereocenters. The second-order valence-corrected chi connectivity index (χ2v) is 9.06. The Balaban J connectivity index is 1.85. The van der Waals surface area contributed by atoms with Crippen molar-refractivity contribution in [1.29, 1.82) is 0 Å². The van der Waals surface area contributed by atoms with Crippen LogP contribution in [0.3, 0.4) is 0 Å². The van der Waals surface area contributed by atoms with Gasteiger partial charge in [-0.15, -0.1) is 0 Å². The van der Waals surface area contributed by atoms with E-state index in [-0.39, 0.29) is 12.5 Å². The lowest BCUT2D eigenvalue weighted by Gasteiger charge is -2.17. The fourth-order valence-electron chi connectivity index (χ4n) is 3.46. The third kappa shape index (κ3) is 7.71. The van der Waals surface area contributed by atoms with Gasteiger partial charge in [0, 0.05) is 18.2 Å². The number of carbonyl (C=O) groups excluding carboxylic acids is 2. The van der Waals surface area contributed by atoms with Crippen LogP contribution in [-0.2, 0) is 22.6 Å². The monoisotopic (exact) mass is 457 g/mol. The number of hydrogen-bond acceptors (Lipinski definition) is 4. The highest BCUT2D eigenvalue weighted by atomic mass is 16.6. The number of amides is 1. The predicted octanol–water partition coefficient (Wildman–Crippen LogP) is 5.17. The Morgan fingerprint density at radius 1 is 0.912 bits per heavy atom. The van der Waals surface area contributed by atoms with E-state index < -0.39 is 11.6 Å². The first kappa shape index (κ1) is 24.9. The second kappa shape index (κ2) is 11.4. The molecule has 176 valence electrons. The van der Waals surface area contributed by atoms with Gasteiger partial charge in [0.05, 0.1) is 6.61 Å². The molecule has 0 atom stereocenters. The lowest BCUT2D eigenvalue weighted by atomic mass is 9.97. The van der Waals surface area contributed by atoms with Crippen LogP contribution in [0.15, 0.2) is 78.9 Å². The zero-order valence-electron chi connectivity index (χ0n) is 19.9. The van der Waals surface area contributed by atoms with Crippen molar-refractivity contribution in [3.05, 3.63) is 101 Å². The number of hydrogen-bond donors (Lipinski definition) is 2. The van der Waals surface area contributed by atoms with Crippen molar-refractivity contribution in [2.45, 2.75) is 39.4 Å². The van der Waals surface area contributed by atoms with Crippen LogP contribution in [0.1, 0.15) is 47.8 Å². The normalized spacial score (nSPS) is 11.4. The number of carbonyl (C=O) groups is 2. The highest BCUT2D eigenvalue weighted by Crippen LogP contribution is 2.25. The fraction of sp³-hybridized carbons (Fsp3) is 0.241. The standard InChI is InChI=1S/C29H31NO4/c1-29(2,3)34-27(32)13-12-22-16-25(24-11-7-10-23(18-24)20-31)19-26(17-22)28(33)30-15-14-21-8-5-4-6-9-21/h4-13,16-19,31H,14-15,20H2,1-3H3,(H,30,33)/b13-12+. The van der Waals surface area contributed by atoms with E-state index in [1.54, 1.807) is 12.1 Å². The number of esters is 1. The van der Waals surface area contributed by atoms with Crippen LogP contribution < -0.4 is 5.32 Å². The van der Waals surface area contributed by atoms with Gasteiger partial charge < -0.3 is 15.2 Å². The van der Waals surface area contributed by atoms with Gasteiger partial charge in [-0.2, -0.15) is 0 Å². The van der Waals surface area contributed by atoms with Crippen LogP contribution in [0.4, 0.5) is 0 Å². The van der Waals surface area contributed by atoms with Gasteiger partial charge in [-0.05, 0) is 85.4 Å². The van der Waals surface area contributed by atoms with E-state index in [0.717, 1.165) is 28.7 Å². The first-order valence-corrected chi connectivity index (χ1v) is 11.3. The molecule has 0 heterocycles. The third-order valence-electron chi connectivity index (χ3n) is 5.02. The minimum atomic E-state index is -0.586. The van der Waals surface area contributed by atoms with Crippen LogP contribution in [0.5, 0.6) is 0 Å². The Morgan fingerprint density at radius 3 is 2.35 bits per heavy atom. The molecule has 0 aliphatic rings. The molecular formula is C29H31NO4. The van der Waals surface area contributed by atoms with Gasteiger partial charge in [0.1, 0.15) is 5.60 Å². The van der Waals surface area contributed by atoms with Gasteiger partial charge in [0.25, 0.3) is 5.91 Å². The summed E-state index contributed by atoms with van der Waals surface area (Å²) in [6, 6.07) is 23.0. The Kier molecular flexibility index (Phi) is 8.39. The summed E-state index contributed by atoms with van der Waals surface area (Å²) in [6.07, 6.45) is 3.75. The maximum atomic E-state index is 13.0. The zero-order chi connectivity index (χ0) is 24.6. The molecule has 3 aromatic carbocycles. The summed E-state index contributed by atoms with van der Waals surface area (Å²) in [5, 5.41) is 12.5. The van der Waals surface area contributed by atoms with Crippen molar-refractivity contribution >= 4 is 18.0 Å². The fourth-order valence-corrected chi connectivity index (χ4v) is 3.46. The topological polar surface area (TPSA) is 75.6 Å². The first-order valence-electron chi connectivity index (χ1n) is 11.3. The summed E-state index contributed by atoms with van der Waals surface area (Å²) in [5.41, 5.74) is 4.22. The van der Waals surface area contributed by atoms with Crippen molar-refractivity contribution in [1.82, 2.24) is 5.32 Å². The quantitative estimate of drug-likeness (QED) is 0.361. The molecule has 34 heavy (non-hydrogen) atoms. The van der Waals surface area contributed by atoms with E-state index in [0.29, 0.717) is 17.7 Å². The number of aliphatic hydroxyl groups excluding tert-OH is 1. The lowest BCUT2D eigenvalue weighted by Crippen LogP contribution is -2.25. The molecule has 0 aromatic heterocycles. The van der Waals surface area contributed by atoms with Gasteiger partial charge in [-0.25, -0.2) is 4.79 Å². The molecule has 3 aromatic rings. The number of aliphatic hydroxyl groups is 1. The number of ether oxygens (including phenoxy) is 1. The highest BCUT2D eigenvalue weighted by Gasteiger charge is 2.14. The first-order chi connectivity index (χ1) is 16.2. The molecule has 0 fully saturated rings. The molecular weight excluding hydrogens is 426 g/mol. The molecule has 5 heteroatoms. The van der Waals surface area contributed by atoms with E-state index in [2.05, 4.69) is 5.32 Å². The number of nitrogens with one attached hydrogen (secondary N) is 1. The SMILES string of the molecule is CC(C)(C)OC(=O)/C=C/c1cc(C(=O)NCCc2ccccc2)cc(-c2cccc(CO)c2)c1. The van der Waals surface area contributed by atoms with Crippen LogP contribution in [0, 0.1) is 0 Å². The second-order valence-electron chi connectivity index (χ2n) is 9.06. The third-order valence-corrected chi connectivity index (χ3v) is 5.02. The Morgan fingerprint density at radius 2 is 1.65 bits per heavy atom. The van der Waals surface area contributed by atoms with Crippen molar-refractivity contribution in [2.75, 3.05) is 6.54 Å². The summed E-state index contributed by atoms with van der Waals surface area (Å²) in [5.74, 6) is -0.642. The summed E-state index contributed by atoms with van der Waals surface area (Å²) < 4.78 is 5.34. The maximum absolute atomic E-state index is 13.0. The summed E-state index contributed by atoms with van der Waals surface area (Å²) in [6.45, 7) is 5.87. The van der Waals surface area contributed by atoms with E-state index in [1.165, 1.54) is 6.08 Å². The average molecular weight is 458 g/mol. The van der Waals surface area contributed by atoms with Crippen molar-refractivity contribution < 1.29 is 19.4 Å². The van der Waals surface area contributed by atoms with Crippen molar-refractivity contribution in [2.24, 2.45) is 0 Å². The lowest BCUT2D eigenvalue weighted by molar-refractivity contribution is -0.148. The molecule has 0 spiro atoms. The Labute approximate surface area is 201 Å². The molecule has 0 saturated heterocycles. The minimum absolute atomic E-state index is 0.0705. The van der Waals surface area contributed by atoms with E-state index >= 15 is 0 Å². The largest absolute Gasteiger partial charge is 0.457 e. The predicted molar refractivity (Wildman–Crippen MR) is 135 cm³/mol. The summed E-state index contributed by atoms with van der Waals surface area (Å²) in [4.78, 5) is 25.1. The molecule has 1 amide bonds. The molecule has 3 rings (SSSR count). The van der Waals surface area contributed by atoms with E-state index in [4.69, 9.17) is 4.74 Å². The molecule has 5 nitrogen and oxygen atoms in total. The molecule has 0 bridgehead atoms. The van der Waals surface area contributed by atoms with Crippen molar-refractivity contribution in [3.63, 3.8) is 0 Å². The summed E-state index contributed by atoms with van der Waals surface area (Å²) >= 11 is 0. The average Bonchev–Trinajstić information content (AvgIpc) is 2.82. The maximum Gasteiger partial charge on any atom is 0.331 e. The molecule has 0 aliphatic heterocycles. The van der Waals surface area contributed by atoms with Gasteiger partial charge in [0.15, 0.2) is 0 Å². The van der Waals surface area contributed by atoms with Gasteiger partial charge >= 0.3 is 5.97 Å². The Bertz CT molecular complexity index is 1160. The van der Waals surface area contributed by atoms with Crippen LogP contribution in [-0.4, -0.2) is 29.1 Å². The van der Waals surface area contributed by atoms with E-state index in [9.17, 15) is 14.7 Å². The molecule has 0 aliphatic carbocycles. The minimum Gasteiger partial charge on any atom is -0.457 e. The molecule has 0 radical (unpaired) electrons. The van der Waals surface area contributed by atoms with Crippen LogP contribution in [0.25, 0.3) is 17.2 Å². The van der Waals surface area contributed by atoms with E-state index in [1.807, 2.05) is 87.5 Å². The van der Waals surface area contributed by atoms with Crippen LogP contribution in [0.2, 0.25) is 0 Å². The van der Waals surface area contributed by atoms with Crippen molar-refractivity contribution in [3.8, 4) is 11.1 Å². The molecule has 2 N–H and O–H groups in total. The number of benzene rings is 3. The van der Waals surface area contributed by atoms with Gasteiger partial charge in [0.2, 0.25) is 0 Å². The van der Waals surface area contributed by atoms with Gasteiger partial charge in [-0.1, -0.05) is 48.5 Å². The zero-order valence-corrected chi connectivity index (χ0v) is 19.9. The number of rotatable bonds is 8.